The highest BCUT2D eigenvalue weighted by Gasteiger charge is 2.09. The Labute approximate surface area is 98.0 Å². The lowest BCUT2D eigenvalue weighted by Crippen LogP contribution is -2.15. The summed E-state index contributed by atoms with van der Waals surface area (Å²) < 4.78 is 5.60. The van der Waals surface area contributed by atoms with Gasteiger partial charge in [0.05, 0.1) is 6.61 Å². The van der Waals surface area contributed by atoms with E-state index in [9.17, 15) is 0 Å². The highest BCUT2D eigenvalue weighted by molar-refractivity contribution is 5.38. The molecule has 1 aliphatic heterocycles. The predicted octanol–water partition coefficient (Wildman–Crippen LogP) is 2.90. The Morgan fingerprint density at radius 1 is 1.38 bits per heavy atom. The van der Waals surface area contributed by atoms with E-state index >= 15 is 0 Å². The summed E-state index contributed by atoms with van der Waals surface area (Å²) in [5, 5.41) is 3.47. The van der Waals surface area contributed by atoms with Crippen LogP contribution in [-0.4, -0.2) is 13.2 Å². The van der Waals surface area contributed by atoms with Crippen LogP contribution in [0, 0.1) is 0 Å². The van der Waals surface area contributed by atoms with E-state index in [0.29, 0.717) is 0 Å². The zero-order valence-corrected chi connectivity index (χ0v) is 10.1. The molecular weight excluding hydrogens is 198 g/mol. The average molecular weight is 219 g/mol. The molecule has 0 aliphatic carbocycles. The lowest BCUT2D eigenvalue weighted by atomic mass is 10.0. The largest absolute Gasteiger partial charge is 0.493 e. The SMILES string of the molecule is CCCCNCc1ccc2c(c1)CCCO2. The number of hydrogen-bond donors (Lipinski definition) is 1. The molecule has 0 saturated carbocycles. The quantitative estimate of drug-likeness (QED) is 0.769. The number of ether oxygens (including phenoxy) is 1. The van der Waals surface area contributed by atoms with E-state index in [-0.39, 0.29) is 0 Å². The molecule has 16 heavy (non-hydrogen) atoms. The van der Waals surface area contributed by atoms with Gasteiger partial charge in [-0.2, -0.15) is 0 Å². The van der Waals surface area contributed by atoms with Crippen LogP contribution < -0.4 is 10.1 Å². The first-order chi connectivity index (χ1) is 7.90. The third-order valence-electron chi connectivity index (χ3n) is 3.01. The van der Waals surface area contributed by atoms with Gasteiger partial charge in [-0.1, -0.05) is 25.5 Å². The van der Waals surface area contributed by atoms with E-state index < -0.39 is 0 Å². The normalized spacial score (nSPS) is 14.3. The van der Waals surface area contributed by atoms with Crippen molar-refractivity contribution in [1.29, 1.82) is 0 Å². The van der Waals surface area contributed by atoms with Crippen LogP contribution >= 0.6 is 0 Å². The molecule has 0 radical (unpaired) electrons. The van der Waals surface area contributed by atoms with Crippen LogP contribution in [0.4, 0.5) is 0 Å². The van der Waals surface area contributed by atoms with E-state index in [2.05, 4.69) is 30.4 Å². The van der Waals surface area contributed by atoms with Gasteiger partial charge < -0.3 is 10.1 Å². The van der Waals surface area contributed by atoms with Gasteiger partial charge in [0.15, 0.2) is 0 Å². The van der Waals surface area contributed by atoms with Gasteiger partial charge in [-0.15, -0.1) is 0 Å². The van der Waals surface area contributed by atoms with Gasteiger partial charge in [0, 0.05) is 6.54 Å². The first kappa shape index (κ1) is 11.5. The summed E-state index contributed by atoms with van der Waals surface area (Å²) in [4.78, 5) is 0. The molecule has 2 rings (SSSR count). The Bertz CT molecular complexity index is 336. The second kappa shape index (κ2) is 5.90. The average Bonchev–Trinajstić information content (AvgIpc) is 2.34. The van der Waals surface area contributed by atoms with Crippen molar-refractivity contribution in [2.75, 3.05) is 13.2 Å². The highest BCUT2D eigenvalue weighted by Crippen LogP contribution is 2.25. The molecule has 0 atom stereocenters. The van der Waals surface area contributed by atoms with Crippen LogP contribution in [0.15, 0.2) is 18.2 Å². The Kier molecular flexibility index (Phi) is 4.23. The molecule has 2 heteroatoms. The zero-order chi connectivity index (χ0) is 11.2. The lowest BCUT2D eigenvalue weighted by Gasteiger charge is -2.18. The summed E-state index contributed by atoms with van der Waals surface area (Å²) in [6.45, 7) is 5.19. The minimum absolute atomic E-state index is 0.876. The van der Waals surface area contributed by atoms with Gasteiger partial charge in [-0.05, 0) is 43.0 Å². The van der Waals surface area contributed by atoms with Gasteiger partial charge in [0.2, 0.25) is 0 Å². The van der Waals surface area contributed by atoms with E-state index in [1.165, 1.54) is 24.0 Å². The molecule has 0 unspecified atom stereocenters. The predicted molar refractivity (Wildman–Crippen MR) is 66.9 cm³/mol. The zero-order valence-electron chi connectivity index (χ0n) is 10.1. The Balaban J connectivity index is 1.90. The third-order valence-corrected chi connectivity index (χ3v) is 3.01. The second-order valence-corrected chi connectivity index (χ2v) is 4.42. The fourth-order valence-electron chi connectivity index (χ4n) is 2.06. The summed E-state index contributed by atoms with van der Waals surface area (Å²) in [5.41, 5.74) is 2.75. The van der Waals surface area contributed by atoms with Crippen LogP contribution in [0.5, 0.6) is 5.75 Å². The molecule has 1 aromatic carbocycles. The summed E-state index contributed by atoms with van der Waals surface area (Å²) in [5.74, 6) is 1.09. The number of hydrogen-bond acceptors (Lipinski definition) is 2. The summed E-state index contributed by atoms with van der Waals surface area (Å²) >= 11 is 0. The van der Waals surface area contributed by atoms with Crippen LogP contribution in [-0.2, 0) is 13.0 Å². The van der Waals surface area contributed by atoms with E-state index in [1.54, 1.807) is 0 Å². The number of benzene rings is 1. The maximum Gasteiger partial charge on any atom is 0.122 e. The summed E-state index contributed by atoms with van der Waals surface area (Å²) in [6.07, 6.45) is 4.83. The number of unbranched alkanes of at least 4 members (excludes halogenated alkanes) is 1. The van der Waals surface area contributed by atoms with Crippen molar-refractivity contribution in [2.45, 2.75) is 39.2 Å². The molecule has 1 N–H and O–H groups in total. The number of rotatable bonds is 5. The molecule has 1 aliphatic rings. The molecule has 2 nitrogen and oxygen atoms in total. The molecule has 0 spiro atoms. The van der Waals surface area contributed by atoms with Crippen molar-refractivity contribution < 1.29 is 4.74 Å². The minimum Gasteiger partial charge on any atom is -0.493 e. The van der Waals surface area contributed by atoms with E-state index in [0.717, 1.165) is 38.3 Å². The first-order valence-corrected chi connectivity index (χ1v) is 6.35. The molecular formula is C14H21NO. The Morgan fingerprint density at radius 3 is 3.19 bits per heavy atom. The van der Waals surface area contributed by atoms with Gasteiger partial charge in [0.25, 0.3) is 0 Å². The molecule has 1 aromatic rings. The molecule has 0 fully saturated rings. The van der Waals surface area contributed by atoms with Crippen LogP contribution in [0.25, 0.3) is 0 Å². The maximum atomic E-state index is 5.60. The van der Waals surface area contributed by atoms with Gasteiger partial charge in [-0.25, -0.2) is 0 Å². The first-order valence-electron chi connectivity index (χ1n) is 6.35. The number of fused-ring (bicyclic) bond motifs is 1. The molecule has 1 heterocycles. The van der Waals surface area contributed by atoms with Gasteiger partial charge >= 0.3 is 0 Å². The topological polar surface area (TPSA) is 21.3 Å². The molecule has 0 saturated heterocycles. The fourth-order valence-corrected chi connectivity index (χ4v) is 2.06. The fraction of sp³-hybridized carbons (Fsp3) is 0.571. The Morgan fingerprint density at radius 2 is 2.31 bits per heavy atom. The van der Waals surface area contributed by atoms with Crippen LogP contribution in [0.3, 0.4) is 0 Å². The summed E-state index contributed by atoms with van der Waals surface area (Å²) in [7, 11) is 0. The second-order valence-electron chi connectivity index (χ2n) is 4.42. The molecule has 0 bridgehead atoms. The lowest BCUT2D eigenvalue weighted by molar-refractivity contribution is 0.288. The summed E-state index contributed by atoms with van der Waals surface area (Å²) in [6, 6.07) is 6.57. The van der Waals surface area contributed by atoms with Crippen LogP contribution in [0.1, 0.15) is 37.3 Å². The van der Waals surface area contributed by atoms with Crippen LogP contribution in [0.2, 0.25) is 0 Å². The van der Waals surface area contributed by atoms with Crippen molar-refractivity contribution in [3.63, 3.8) is 0 Å². The van der Waals surface area contributed by atoms with E-state index in [1.807, 2.05) is 0 Å². The maximum absolute atomic E-state index is 5.60. The van der Waals surface area contributed by atoms with Crippen molar-refractivity contribution in [2.24, 2.45) is 0 Å². The van der Waals surface area contributed by atoms with E-state index in [4.69, 9.17) is 4.74 Å². The molecule has 0 aromatic heterocycles. The van der Waals surface area contributed by atoms with Crippen molar-refractivity contribution in [3.05, 3.63) is 29.3 Å². The monoisotopic (exact) mass is 219 g/mol. The van der Waals surface area contributed by atoms with Crippen molar-refractivity contribution in [1.82, 2.24) is 5.32 Å². The molecule has 88 valence electrons. The van der Waals surface area contributed by atoms with Gasteiger partial charge in [0.1, 0.15) is 5.75 Å². The van der Waals surface area contributed by atoms with Crippen molar-refractivity contribution in [3.8, 4) is 5.75 Å². The van der Waals surface area contributed by atoms with Crippen molar-refractivity contribution >= 4 is 0 Å². The highest BCUT2D eigenvalue weighted by atomic mass is 16.5. The standard InChI is InChI=1S/C14H21NO/c1-2-3-8-15-11-12-6-7-14-13(10-12)5-4-9-16-14/h6-7,10,15H,2-5,8-9,11H2,1H3. The smallest absolute Gasteiger partial charge is 0.122 e. The number of aryl methyl sites for hydroxylation is 1. The molecule has 0 amide bonds. The minimum atomic E-state index is 0.876. The van der Waals surface area contributed by atoms with Gasteiger partial charge in [-0.3, -0.25) is 0 Å². The number of nitrogens with one attached hydrogen (secondary N) is 1. The third kappa shape index (κ3) is 2.99. The Hall–Kier alpha value is -1.02.